The number of benzene rings is 7. The average Bonchev–Trinajstić information content (AvgIpc) is 3.19. The van der Waals surface area contributed by atoms with Crippen LogP contribution in [0.3, 0.4) is 0 Å². The molecule has 0 fully saturated rings. The summed E-state index contributed by atoms with van der Waals surface area (Å²) < 4.78 is 0. The van der Waals surface area contributed by atoms with Gasteiger partial charge >= 0.3 is 0 Å². The fraction of sp³-hybridized carbons (Fsp3) is 0. The molecular formula is C47H29N3. The molecule has 0 amide bonds. The lowest BCUT2D eigenvalue weighted by Gasteiger charge is -2.14. The minimum Gasteiger partial charge on any atom is -0.248 e. The van der Waals surface area contributed by atoms with Gasteiger partial charge in [0.2, 0.25) is 0 Å². The first-order valence-electron chi connectivity index (χ1n) is 16.9. The van der Waals surface area contributed by atoms with E-state index in [2.05, 4.69) is 176 Å². The largest absolute Gasteiger partial charge is 0.248 e. The summed E-state index contributed by atoms with van der Waals surface area (Å²) in [6.45, 7) is 0. The van der Waals surface area contributed by atoms with Crippen molar-refractivity contribution in [2.45, 2.75) is 0 Å². The molecule has 50 heavy (non-hydrogen) atoms. The molecule has 0 aliphatic rings. The summed E-state index contributed by atoms with van der Waals surface area (Å²) in [6, 6.07) is 62.1. The lowest BCUT2D eigenvalue weighted by Crippen LogP contribution is -1.93. The van der Waals surface area contributed by atoms with E-state index in [9.17, 15) is 0 Å². The number of fused-ring (bicyclic) bond motifs is 5. The molecular weight excluding hydrogens is 607 g/mol. The van der Waals surface area contributed by atoms with Crippen molar-refractivity contribution in [2.24, 2.45) is 0 Å². The van der Waals surface area contributed by atoms with Gasteiger partial charge in [0.15, 0.2) is 0 Å². The van der Waals surface area contributed by atoms with Crippen LogP contribution in [-0.4, -0.2) is 15.0 Å². The maximum Gasteiger partial charge on any atom is 0.0787 e. The van der Waals surface area contributed by atoms with Crippen LogP contribution in [0.15, 0.2) is 176 Å². The van der Waals surface area contributed by atoms with Gasteiger partial charge in [0.1, 0.15) is 0 Å². The lowest BCUT2D eigenvalue weighted by molar-refractivity contribution is 1.35. The first-order chi connectivity index (χ1) is 24.8. The summed E-state index contributed by atoms with van der Waals surface area (Å²) in [5, 5.41) is 6.91. The van der Waals surface area contributed by atoms with Crippen LogP contribution in [-0.2, 0) is 0 Å². The summed E-state index contributed by atoms with van der Waals surface area (Å²) in [7, 11) is 0. The minimum atomic E-state index is 0.949. The van der Waals surface area contributed by atoms with Gasteiger partial charge in [0, 0.05) is 49.2 Å². The first-order valence-corrected chi connectivity index (χ1v) is 16.9. The van der Waals surface area contributed by atoms with Gasteiger partial charge in [0.25, 0.3) is 0 Å². The SMILES string of the molecule is c1ccc2c(-c3ccc(-c4c5ccccc5nc5ccccc45)cc3)nc(-c3ccc(-c4c5ccccc5nc5ccccc45)cc3)cc2c1. The quantitative estimate of drug-likeness (QED) is 0.181. The van der Waals surface area contributed by atoms with Crippen molar-refractivity contribution in [1.82, 2.24) is 15.0 Å². The molecule has 3 aromatic heterocycles. The molecule has 7 aromatic carbocycles. The van der Waals surface area contributed by atoms with Crippen LogP contribution < -0.4 is 0 Å². The summed E-state index contributed by atoms with van der Waals surface area (Å²) in [4.78, 5) is 15.2. The zero-order chi connectivity index (χ0) is 33.0. The topological polar surface area (TPSA) is 38.7 Å². The predicted molar refractivity (Wildman–Crippen MR) is 209 cm³/mol. The maximum absolute atomic E-state index is 5.33. The highest BCUT2D eigenvalue weighted by Crippen LogP contribution is 2.39. The highest BCUT2D eigenvalue weighted by molar-refractivity contribution is 6.11. The van der Waals surface area contributed by atoms with Gasteiger partial charge in [-0.3, -0.25) is 0 Å². The Morgan fingerprint density at radius 1 is 0.280 bits per heavy atom. The molecule has 3 heterocycles. The fourth-order valence-electron chi connectivity index (χ4n) is 7.47. The Morgan fingerprint density at radius 2 is 0.640 bits per heavy atom. The zero-order valence-electron chi connectivity index (χ0n) is 27.1. The second kappa shape index (κ2) is 11.5. The van der Waals surface area contributed by atoms with Gasteiger partial charge in [-0.2, -0.15) is 0 Å². The number of nitrogens with zero attached hydrogens (tertiary/aromatic N) is 3. The van der Waals surface area contributed by atoms with Crippen LogP contribution in [0.1, 0.15) is 0 Å². The fourth-order valence-corrected chi connectivity index (χ4v) is 7.47. The number of hydrogen-bond donors (Lipinski definition) is 0. The highest BCUT2D eigenvalue weighted by Gasteiger charge is 2.15. The standard InChI is InChI=1S/C47H29N3/c1-2-12-35-34(11-1)29-44(30-21-23-31(24-22-30)45-36-13-3-7-17-40(36)48-41-18-8-4-14-37(41)45)50-47(35)33-27-25-32(26-28-33)46-38-15-5-9-19-42(38)49-43-20-10-6-16-39(43)46/h1-29H. The summed E-state index contributed by atoms with van der Waals surface area (Å²) >= 11 is 0. The van der Waals surface area contributed by atoms with Crippen LogP contribution in [0.5, 0.6) is 0 Å². The van der Waals surface area contributed by atoms with Gasteiger partial charge in [-0.15, -0.1) is 0 Å². The number of pyridine rings is 3. The lowest BCUT2D eigenvalue weighted by atomic mass is 9.94. The summed E-state index contributed by atoms with van der Waals surface area (Å²) in [5.41, 5.74) is 12.8. The van der Waals surface area contributed by atoms with Crippen LogP contribution in [0.2, 0.25) is 0 Å². The molecule has 0 bridgehead atoms. The van der Waals surface area contributed by atoms with Crippen LogP contribution in [0.25, 0.3) is 99.2 Å². The van der Waals surface area contributed by atoms with E-state index in [1.807, 2.05) is 0 Å². The number of hydrogen-bond acceptors (Lipinski definition) is 3. The molecule has 232 valence electrons. The zero-order valence-corrected chi connectivity index (χ0v) is 27.1. The molecule has 10 aromatic rings. The van der Waals surface area contributed by atoms with E-state index in [-0.39, 0.29) is 0 Å². The number of aromatic nitrogens is 3. The Morgan fingerprint density at radius 3 is 1.10 bits per heavy atom. The summed E-state index contributed by atoms with van der Waals surface area (Å²) in [5.74, 6) is 0. The Balaban J connectivity index is 1.08. The molecule has 0 spiro atoms. The molecule has 0 saturated carbocycles. The van der Waals surface area contributed by atoms with Crippen molar-refractivity contribution in [3.05, 3.63) is 176 Å². The van der Waals surface area contributed by atoms with Crippen molar-refractivity contribution in [1.29, 1.82) is 0 Å². The minimum absolute atomic E-state index is 0.949. The Kier molecular flexibility index (Phi) is 6.49. The van der Waals surface area contributed by atoms with Gasteiger partial charge in [-0.05, 0) is 46.8 Å². The van der Waals surface area contributed by atoms with E-state index in [1.165, 1.54) is 11.1 Å². The Hall–Kier alpha value is -6.71. The molecule has 3 heteroatoms. The van der Waals surface area contributed by atoms with Crippen molar-refractivity contribution >= 4 is 54.4 Å². The molecule has 0 saturated heterocycles. The van der Waals surface area contributed by atoms with Crippen molar-refractivity contribution < 1.29 is 0 Å². The third kappa shape index (κ3) is 4.63. The maximum atomic E-state index is 5.33. The second-order valence-corrected chi connectivity index (χ2v) is 12.8. The second-order valence-electron chi connectivity index (χ2n) is 12.8. The van der Waals surface area contributed by atoms with Crippen molar-refractivity contribution in [3.63, 3.8) is 0 Å². The Bertz CT molecular complexity index is 2800. The normalized spacial score (nSPS) is 11.6. The molecule has 0 aliphatic carbocycles. The van der Waals surface area contributed by atoms with E-state index in [1.54, 1.807) is 0 Å². The van der Waals surface area contributed by atoms with Gasteiger partial charge in [-0.25, -0.2) is 15.0 Å². The van der Waals surface area contributed by atoms with E-state index >= 15 is 0 Å². The summed E-state index contributed by atoms with van der Waals surface area (Å²) in [6.07, 6.45) is 0. The van der Waals surface area contributed by atoms with Gasteiger partial charge in [-0.1, -0.05) is 146 Å². The molecule has 0 aliphatic heterocycles. The predicted octanol–water partition coefficient (Wildman–Crippen LogP) is 12.3. The van der Waals surface area contributed by atoms with Crippen molar-refractivity contribution in [3.8, 4) is 44.8 Å². The molecule has 0 atom stereocenters. The van der Waals surface area contributed by atoms with Crippen molar-refractivity contribution in [2.75, 3.05) is 0 Å². The van der Waals surface area contributed by atoms with Crippen LogP contribution in [0.4, 0.5) is 0 Å². The monoisotopic (exact) mass is 635 g/mol. The van der Waals surface area contributed by atoms with E-state index in [4.69, 9.17) is 15.0 Å². The molecule has 3 nitrogen and oxygen atoms in total. The third-order valence-corrected chi connectivity index (χ3v) is 9.83. The highest BCUT2D eigenvalue weighted by atomic mass is 14.7. The van der Waals surface area contributed by atoms with E-state index in [0.29, 0.717) is 0 Å². The molecule has 0 radical (unpaired) electrons. The Labute approximate surface area is 289 Å². The van der Waals surface area contributed by atoms with Crippen LogP contribution >= 0.6 is 0 Å². The van der Waals surface area contributed by atoms with E-state index < -0.39 is 0 Å². The van der Waals surface area contributed by atoms with Crippen LogP contribution in [0, 0.1) is 0 Å². The number of para-hydroxylation sites is 4. The molecule has 0 N–H and O–H groups in total. The average molecular weight is 636 g/mol. The molecule has 10 rings (SSSR count). The third-order valence-electron chi connectivity index (χ3n) is 9.83. The van der Waals surface area contributed by atoms with Gasteiger partial charge in [0.05, 0.1) is 33.5 Å². The van der Waals surface area contributed by atoms with Gasteiger partial charge < -0.3 is 0 Å². The van der Waals surface area contributed by atoms with E-state index in [0.717, 1.165) is 88.0 Å². The first kappa shape index (κ1) is 28.3. The smallest absolute Gasteiger partial charge is 0.0787 e. The molecule has 0 unspecified atom stereocenters. The number of rotatable bonds is 4.